The number of amides is 3. The SMILES string of the molecule is CON=C(c1ccc(NC(=O)c2ccc(N3CCN(CC4CC4)CC3)cc2)cc1)c1ccc(NC(=O)c2ccc(N3CCN(C(=O)C4CC4)CC3)cc2)cc1. The van der Waals surface area contributed by atoms with Gasteiger partial charge in [-0.3, -0.25) is 19.3 Å². The minimum Gasteiger partial charge on any atom is -0.399 e. The zero-order valence-corrected chi connectivity index (χ0v) is 31.5. The number of anilines is 4. The number of benzene rings is 4. The van der Waals surface area contributed by atoms with Crippen LogP contribution in [0.3, 0.4) is 0 Å². The molecule has 2 saturated carbocycles. The molecular weight excluding hydrogens is 691 g/mol. The van der Waals surface area contributed by atoms with Gasteiger partial charge in [-0.2, -0.15) is 0 Å². The summed E-state index contributed by atoms with van der Waals surface area (Å²) in [6.07, 6.45) is 4.84. The summed E-state index contributed by atoms with van der Waals surface area (Å²) in [4.78, 5) is 53.0. The van der Waals surface area contributed by atoms with Crippen molar-refractivity contribution in [1.82, 2.24) is 9.80 Å². The second kappa shape index (κ2) is 16.4. The van der Waals surface area contributed by atoms with Gasteiger partial charge < -0.3 is 30.2 Å². The van der Waals surface area contributed by atoms with Gasteiger partial charge in [-0.15, -0.1) is 0 Å². The lowest BCUT2D eigenvalue weighted by Gasteiger charge is -2.36. The van der Waals surface area contributed by atoms with E-state index in [4.69, 9.17) is 4.84 Å². The summed E-state index contributed by atoms with van der Waals surface area (Å²) in [7, 11) is 1.50. The number of carbonyl (C=O) groups is 3. The molecule has 0 aromatic heterocycles. The Kier molecular flexibility index (Phi) is 10.8. The van der Waals surface area contributed by atoms with Gasteiger partial charge in [0.1, 0.15) is 12.8 Å². The van der Waals surface area contributed by atoms with Crippen LogP contribution in [0.4, 0.5) is 22.7 Å². The molecule has 2 saturated heterocycles. The van der Waals surface area contributed by atoms with Gasteiger partial charge in [-0.05, 0) is 104 Å². The molecule has 0 unspecified atom stereocenters. The van der Waals surface area contributed by atoms with E-state index >= 15 is 0 Å². The number of oxime groups is 1. The van der Waals surface area contributed by atoms with Crippen molar-refractivity contribution in [1.29, 1.82) is 0 Å². The number of carbonyl (C=O) groups excluding carboxylic acids is 3. The monoisotopic (exact) mass is 739 g/mol. The maximum Gasteiger partial charge on any atom is 0.255 e. The van der Waals surface area contributed by atoms with Crippen molar-refractivity contribution in [3.05, 3.63) is 119 Å². The second-order valence-electron chi connectivity index (χ2n) is 15.1. The molecule has 4 aromatic rings. The van der Waals surface area contributed by atoms with Crippen LogP contribution in [0.25, 0.3) is 0 Å². The highest BCUT2D eigenvalue weighted by Gasteiger charge is 2.34. The van der Waals surface area contributed by atoms with Crippen molar-refractivity contribution in [2.45, 2.75) is 25.7 Å². The third kappa shape index (κ3) is 9.00. The van der Waals surface area contributed by atoms with Gasteiger partial charge >= 0.3 is 0 Å². The highest BCUT2D eigenvalue weighted by atomic mass is 16.6. The molecule has 4 aliphatic rings. The summed E-state index contributed by atoms with van der Waals surface area (Å²) in [5.41, 5.74) is 6.95. The molecular formula is C44H49N7O4. The maximum absolute atomic E-state index is 13.1. The van der Waals surface area contributed by atoms with Gasteiger partial charge in [0, 0.05) is 110 Å². The molecule has 2 N–H and O–H groups in total. The van der Waals surface area contributed by atoms with Gasteiger partial charge in [0.15, 0.2) is 0 Å². The maximum atomic E-state index is 13.1. The van der Waals surface area contributed by atoms with Crippen LogP contribution in [-0.4, -0.2) is 99.2 Å². The Morgan fingerprint density at radius 1 is 0.582 bits per heavy atom. The third-order valence-electron chi connectivity index (χ3n) is 11.1. The average molecular weight is 740 g/mol. The van der Waals surface area contributed by atoms with Crippen molar-refractivity contribution in [2.75, 3.05) is 86.4 Å². The Hall–Kier alpha value is -5.68. The van der Waals surface area contributed by atoms with Gasteiger partial charge in [0.2, 0.25) is 5.91 Å². The van der Waals surface area contributed by atoms with Crippen molar-refractivity contribution >= 4 is 46.2 Å². The summed E-state index contributed by atoms with van der Waals surface area (Å²) in [6, 6.07) is 30.4. The van der Waals surface area contributed by atoms with Crippen molar-refractivity contribution in [3.63, 3.8) is 0 Å². The number of rotatable bonds is 12. The molecule has 4 fully saturated rings. The van der Waals surface area contributed by atoms with Crippen LogP contribution in [0, 0.1) is 11.8 Å². The number of nitrogens with zero attached hydrogens (tertiary/aromatic N) is 5. The van der Waals surface area contributed by atoms with Crippen LogP contribution in [0.1, 0.15) is 57.5 Å². The largest absolute Gasteiger partial charge is 0.399 e. The molecule has 0 radical (unpaired) electrons. The molecule has 0 bridgehead atoms. The first kappa shape index (κ1) is 36.3. The first-order chi connectivity index (χ1) is 26.9. The van der Waals surface area contributed by atoms with Crippen LogP contribution in [0.2, 0.25) is 0 Å². The number of hydrogen-bond acceptors (Lipinski definition) is 8. The summed E-state index contributed by atoms with van der Waals surface area (Å²) in [5, 5.41) is 10.3. The topological polar surface area (TPSA) is 110 Å². The fourth-order valence-corrected chi connectivity index (χ4v) is 7.47. The van der Waals surface area contributed by atoms with Crippen molar-refractivity contribution < 1.29 is 19.2 Å². The first-order valence-corrected chi connectivity index (χ1v) is 19.6. The average Bonchev–Trinajstić information content (AvgIpc) is 4.18. The molecule has 2 aliphatic heterocycles. The first-order valence-electron chi connectivity index (χ1n) is 19.6. The second-order valence-corrected chi connectivity index (χ2v) is 15.1. The van der Waals surface area contributed by atoms with E-state index in [1.54, 1.807) is 0 Å². The Morgan fingerprint density at radius 2 is 1.02 bits per heavy atom. The molecule has 11 nitrogen and oxygen atoms in total. The molecule has 3 amide bonds. The minimum atomic E-state index is -0.198. The smallest absolute Gasteiger partial charge is 0.255 e. The summed E-state index contributed by atoms with van der Waals surface area (Å²) in [5.74, 6) is 1.12. The number of hydrogen-bond donors (Lipinski definition) is 2. The highest BCUT2D eigenvalue weighted by molar-refractivity contribution is 6.13. The van der Waals surface area contributed by atoms with Crippen LogP contribution >= 0.6 is 0 Å². The van der Waals surface area contributed by atoms with Crippen LogP contribution < -0.4 is 20.4 Å². The van der Waals surface area contributed by atoms with Gasteiger partial charge in [-0.1, -0.05) is 29.4 Å². The molecule has 11 heteroatoms. The van der Waals surface area contributed by atoms with Gasteiger partial charge in [0.05, 0.1) is 0 Å². The van der Waals surface area contributed by atoms with E-state index in [1.807, 2.05) is 102 Å². The predicted molar refractivity (Wildman–Crippen MR) is 217 cm³/mol. The van der Waals surface area contributed by atoms with Crippen LogP contribution in [0.5, 0.6) is 0 Å². The molecule has 2 heterocycles. The molecule has 2 aliphatic carbocycles. The van der Waals surface area contributed by atoms with Gasteiger partial charge in [0.25, 0.3) is 11.8 Å². The standard InChI is InChI=1S/C44H49N7O4/c1-55-47-41(32-6-14-37(15-7-32)45-42(52)34-10-18-39(19-11-34)49-24-22-48(23-25-49)30-31-2-3-31)33-8-16-38(17-9-33)46-43(53)35-12-20-40(21-13-35)50-26-28-51(29-27-50)44(54)36-4-5-36/h6-21,31,36H,2-5,22-30H2,1H3,(H,45,52)(H,46,53). The molecule has 0 atom stereocenters. The number of nitrogens with one attached hydrogen (secondary N) is 2. The van der Waals surface area contributed by atoms with Crippen LogP contribution in [-0.2, 0) is 9.63 Å². The molecule has 8 rings (SSSR count). The van der Waals surface area contributed by atoms with E-state index in [0.717, 1.165) is 93.6 Å². The zero-order valence-electron chi connectivity index (χ0n) is 31.5. The highest BCUT2D eigenvalue weighted by Crippen LogP contribution is 2.32. The Morgan fingerprint density at radius 3 is 1.44 bits per heavy atom. The quantitative estimate of drug-likeness (QED) is 0.132. The molecule has 4 aromatic carbocycles. The Labute approximate surface area is 322 Å². The fraction of sp³-hybridized carbons (Fsp3) is 0.364. The summed E-state index contributed by atoms with van der Waals surface area (Å²) in [6.45, 7) is 8.52. The van der Waals surface area contributed by atoms with E-state index in [2.05, 4.69) is 30.5 Å². The summed E-state index contributed by atoms with van der Waals surface area (Å²) >= 11 is 0. The predicted octanol–water partition coefficient (Wildman–Crippen LogP) is 6.18. The van der Waals surface area contributed by atoms with Gasteiger partial charge in [-0.25, -0.2) is 0 Å². The molecule has 0 spiro atoms. The molecule has 284 valence electrons. The Balaban J connectivity index is 0.826. The van der Waals surface area contributed by atoms with Crippen molar-refractivity contribution in [3.8, 4) is 0 Å². The summed E-state index contributed by atoms with van der Waals surface area (Å²) < 4.78 is 0. The lowest BCUT2D eigenvalue weighted by Crippen LogP contribution is -2.49. The van der Waals surface area contributed by atoms with E-state index in [0.29, 0.717) is 34.1 Å². The van der Waals surface area contributed by atoms with E-state index in [-0.39, 0.29) is 17.7 Å². The zero-order chi connectivity index (χ0) is 37.7. The fourth-order valence-electron chi connectivity index (χ4n) is 7.47. The molecule has 55 heavy (non-hydrogen) atoms. The lowest BCUT2D eigenvalue weighted by molar-refractivity contribution is -0.132. The van der Waals surface area contributed by atoms with Crippen molar-refractivity contribution in [2.24, 2.45) is 17.0 Å². The van der Waals surface area contributed by atoms with Crippen LogP contribution in [0.15, 0.2) is 102 Å². The number of piperazine rings is 2. The van der Waals surface area contributed by atoms with E-state index in [9.17, 15) is 14.4 Å². The third-order valence-corrected chi connectivity index (χ3v) is 11.1. The van der Waals surface area contributed by atoms with E-state index in [1.165, 1.54) is 26.5 Å². The lowest BCUT2D eigenvalue weighted by atomic mass is 10.0. The van der Waals surface area contributed by atoms with E-state index < -0.39 is 0 Å². The Bertz CT molecular complexity index is 1990. The normalized spacial score (nSPS) is 17.8. The minimum absolute atomic E-state index is 0.163.